The summed E-state index contributed by atoms with van der Waals surface area (Å²) >= 11 is 3.17. The summed E-state index contributed by atoms with van der Waals surface area (Å²) < 4.78 is 5.45. The molecule has 11 heavy (non-hydrogen) atoms. The quantitative estimate of drug-likeness (QED) is 0.724. The van der Waals surface area contributed by atoms with Crippen molar-refractivity contribution in [3.05, 3.63) is 0 Å². The van der Waals surface area contributed by atoms with Crippen molar-refractivity contribution in [2.75, 3.05) is 11.9 Å². The van der Waals surface area contributed by atoms with Crippen molar-refractivity contribution < 1.29 is 9.84 Å². The summed E-state index contributed by atoms with van der Waals surface area (Å²) in [6.45, 7) is 6.52. The molecule has 0 radical (unpaired) electrons. The van der Waals surface area contributed by atoms with Crippen LogP contribution in [0.3, 0.4) is 0 Å². The van der Waals surface area contributed by atoms with Crippen molar-refractivity contribution in [1.82, 2.24) is 0 Å². The first kappa shape index (κ1) is 11.4. The number of aliphatic hydroxyl groups excluding tert-OH is 1. The van der Waals surface area contributed by atoms with E-state index in [0.717, 1.165) is 6.42 Å². The van der Waals surface area contributed by atoms with Crippen molar-refractivity contribution >= 4 is 15.9 Å². The lowest BCUT2D eigenvalue weighted by Crippen LogP contribution is -2.29. The Morgan fingerprint density at radius 1 is 1.55 bits per heavy atom. The van der Waals surface area contributed by atoms with E-state index in [1.54, 1.807) is 0 Å². The Hall–Kier alpha value is 0.400. The van der Waals surface area contributed by atoms with Gasteiger partial charge in [-0.3, -0.25) is 0 Å². The molecule has 0 saturated carbocycles. The highest BCUT2D eigenvalue weighted by Crippen LogP contribution is 2.13. The predicted molar refractivity (Wildman–Crippen MR) is 50.1 cm³/mol. The highest BCUT2D eigenvalue weighted by molar-refractivity contribution is 9.09. The number of hydrogen-bond donors (Lipinski definition) is 1. The Morgan fingerprint density at radius 2 is 2.09 bits per heavy atom. The number of hydrogen-bond acceptors (Lipinski definition) is 2. The van der Waals surface area contributed by atoms with Gasteiger partial charge in [0.25, 0.3) is 0 Å². The van der Waals surface area contributed by atoms with Crippen LogP contribution in [0, 0.1) is 0 Å². The Morgan fingerprint density at radius 3 is 2.45 bits per heavy atom. The molecule has 0 aliphatic heterocycles. The predicted octanol–water partition coefficient (Wildman–Crippen LogP) is 1.95. The molecule has 0 amide bonds. The molecule has 0 aromatic rings. The average molecular weight is 225 g/mol. The molecule has 0 aromatic heterocycles. The standard InChI is InChI=1S/C8H17BrO2/c1-4-8(2,3)11-6-7(10)5-9/h7,10H,4-6H2,1-3H3. The largest absolute Gasteiger partial charge is 0.390 e. The molecule has 0 spiro atoms. The van der Waals surface area contributed by atoms with Crippen molar-refractivity contribution in [3.8, 4) is 0 Å². The van der Waals surface area contributed by atoms with Gasteiger partial charge in [-0.1, -0.05) is 22.9 Å². The molecule has 0 aromatic carbocycles. The lowest BCUT2D eigenvalue weighted by molar-refractivity contribution is -0.0550. The zero-order valence-electron chi connectivity index (χ0n) is 7.43. The summed E-state index contributed by atoms with van der Waals surface area (Å²) in [7, 11) is 0. The average Bonchev–Trinajstić information content (AvgIpc) is 2.00. The molecule has 1 atom stereocenters. The van der Waals surface area contributed by atoms with Gasteiger partial charge in [-0.25, -0.2) is 0 Å². The van der Waals surface area contributed by atoms with Crippen molar-refractivity contribution in [3.63, 3.8) is 0 Å². The van der Waals surface area contributed by atoms with Gasteiger partial charge >= 0.3 is 0 Å². The third-order valence-electron chi connectivity index (χ3n) is 1.70. The van der Waals surface area contributed by atoms with Crippen molar-refractivity contribution in [2.45, 2.75) is 38.9 Å². The molecule has 0 fully saturated rings. The Kier molecular flexibility index (Phi) is 5.30. The van der Waals surface area contributed by atoms with Gasteiger partial charge in [0, 0.05) is 5.33 Å². The summed E-state index contributed by atoms with van der Waals surface area (Å²) in [6.07, 6.45) is 0.572. The van der Waals surface area contributed by atoms with E-state index >= 15 is 0 Å². The van der Waals surface area contributed by atoms with Crippen molar-refractivity contribution in [1.29, 1.82) is 0 Å². The normalized spacial score (nSPS) is 15.0. The number of ether oxygens (including phenoxy) is 1. The number of aliphatic hydroxyl groups is 1. The van der Waals surface area contributed by atoms with Crippen LogP contribution in [0.15, 0.2) is 0 Å². The molecule has 0 rings (SSSR count). The van der Waals surface area contributed by atoms with E-state index < -0.39 is 0 Å². The van der Waals surface area contributed by atoms with Gasteiger partial charge in [0.05, 0.1) is 18.3 Å². The summed E-state index contributed by atoms with van der Waals surface area (Å²) in [4.78, 5) is 0. The Bertz CT molecular complexity index is 104. The zero-order valence-corrected chi connectivity index (χ0v) is 9.02. The SMILES string of the molecule is CCC(C)(C)OCC(O)CBr. The van der Waals surface area contributed by atoms with Crippen LogP contribution in [-0.4, -0.2) is 28.7 Å². The summed E-state index contributed by atoms with van der Waals surface area (Å²) in [5.74, 6) is 0. The maximum atomic E-state index is 9.14. The zero-order chi connectivity index (χ0) is 8.91. The van der Waals surface area contributed by atoms with Crippen LogP contribution in [0.1, 0.15) is 27.2 Å². The third-order valence-corrected chi connectivity index (χ3v) is 2.44. The lowest BCUT2D eigenvalue weighted by Gasteiger charge is -2.24. The van der Waals surface area contributed by atoms with Gasteiger partial charge in [0.15, 0.2) is 0 Å². The molecule has 0 aliphatic carbocycles. The Balaban J connectivity index is 3.52. The van der Waals surface area contributed by atoms with E-state index in [1.807, 2.05) is 13.8 Å². The van der Waals surface area contributed by atoms with E-state index in [2.05, 4.69) is 22.9 Å². The van der Waals surface area contributed by atoms with Crippen LogP contribution in [0.4, 0.5) is 0 Å². The fourth-order valence-electron chi connectivity index (χ4n) is 0.468. The monoisotopic (exact) mass is 224 g/mol. The Labute approximate surface area is 77.1 Å². The minimum atomic E-state index is -0.388. The summed E-state index contributed by atoms with van der Waals surface area (Å²) in [6, 6.07) is 0. The van der Waals surface area contributed by atoms with Gasteiger partial charge in [-0.15, -0.1) is 0 Å². The number of halogens is 1. The molecule has 1 unspecified atom stereocenters. The van der Waals surface area contributed by atoms with Crippen LogP contribution in [0.2, 0.25) is 0 Å². The fourth-order valence-corrected chi connectivity index (χ4v) is 0.655. The van der Waals surface area contributed by atoms with Gasteiger partial charge in [0.1, 0.15) is 0 Å². The second kappa shape index (κ2) is 5.12. The van der Waals surface area contributed by atoms with Crippen molar-refractivity contribution in [2.24, 2.45) is 0 Å². The highest BCUT2D eigenvalue weighted by atomic mass is 79.9. The number of rotatable bonds is 5. The second-order valence-electron chi connectivity index (χ2n) is 3.23. The van der Waals surface area contributed by atoms with Crippen LogP contribution >= 0.6 is 15.9 Å². The summed E-state index contributed by atoms with van der Waals surface area (Å²) in [5, 5.41) is 9.72. The molecule has 0 bridgehead atoms. The molecular formula is C8H17BrO2. The van der Waals surface area contributed by atoms with Gasteiger partial charge in [-0.2, -0.15) is 0 Å². The van der Waals surface area contributed by atoms with E-state index in [-0.39, 0.29) is 11.7 Å². The maximum Gasteiger partial charge on any atom is 0.0870 e. The molecule has 2 nitrogen and oxygen atoms in total. The van der Waals surface area contributed by atoms with E-state index in [9.17, 15) is 0 Å². The van der Waals surface area contributed by atoms with E-state index in [1.165, 1.54) is 0 Å². The van der Waals surface area contributed by atoms with E-state index in [4.69, 9.17) is 9.84 Å². The minimum absolute atomic E-state index is 0.108. The topological polar surface area (TPSA) is 29.5 Å². The van der Waals surface area contributed by atoms with Crippen LogP contribution < -0.4 is 0 Å². The van der Waals surface area contributed by atoms with Gasteiger partial charge in [0.2, 0.25) is 0 Å². The highest BCUT2D eigenvalue weighted by Gasteiger charge is 2.16. The second-order valence-corrected chi connectivity index (χ2v) is 3.88. The first-order valence-electron chi connectivity index (χ1n) is 3.90. The first-order valence-corrected chi connectivity index (χ1v) is 5.02. The summed E-state index contributed by atoms with van der Waals surface area (Å²) in [5.41, 5.74) is -0.108. The third kappa shape index (κ3) is 5.65. The molecule has 3 heteroatoms. The molecule has 68 valence electrons. The first-order chi connectivity index (χ1) is 5.02. The minimum Gasteiger partial charge on any atom is -0.390 e. The molecule has 1 N–H and O–H groups in total. The lowest BCUT2D eigenvalue weighted by atomic mass is 10.1. The molecule has 0 saturated heterocycles. The van der Waals surface area contributed by atoms with Crippen LogP contribution in [0.25, 0.3) is 0 Å². The molecule has 0 heterocycles. The number of alkyl halides is 1. The smallest absolute Gasteiger partial charge is 0.0870 e. The van der Waals surface area contributed by atoms with Crippen LogP contribution in [-0.2, 0) is 4.74 Å². The van der Waals surface area contributed by atoms with Gasteiger partial charge < -0.3 is 9.84 Å². The molecular weight excluding hydrogens is 208 g/mol. The fraction of sp³-hybridized carbons (Fsp3) is 1.00. The van der Waals surface area contributed by atoms with E-state index in [0.29, 0.717) is 11.9 Å². The molecule has 0 aliphatic rings. The van der Waals surface area contributed by atoms with Gasteiger partial charge in [-0.05, 0) is 20.3 Å². The van der Waals surface area contributed by atoms with Crippen LogP contribution in [0.5, 0.6) is 0 Å². The maximum absolute atomic E-state index is 9.14.